The predicted octanol–water partition coefficient (Wildman–Crippen LogP) is 2.49. The van der Waals surface area contributed by atoms with Crippen LogP contribution in [-0.2, 0) is 6.54 Å². The molecular weight excluding hydrogens is 244 g/mol. The third-order valence-electron chi connectivity index (χ3n) is 2.94. The van der Waals surface area contributed by atoms with Crippen LogP contribution in [-0.4, -0.2) is 9.91 Å². The highest BCUT2D eigenvalue weighted by atomic mass is 16.6. The molecule has 6 nitrogen and oxygen atoms in total. The molecule has 0 aliphatic carbocycles. The highest BCUT2D eigenvalue weighted by molar-refractivity contribution is 5.64. The standard InChI is InChI=1S/C13H14N4O2/c1-9-10(3-2-4-13(9)17(18)19)7-16-12-5-6-15-8-11(12)14/h2-6,8H,7,14H2,1H3,(H,15,16). The number of nitrogens with two attached hydrogens (primary N) is 1. The molecule has 2 rings (SSSR count). The van der Waals surface area contributed by atoms with E-state index in [1.165, 1.54) is 6.07 Å². The average Bonchev–Trinajstić information content (AvgIpc) is 2.39. The van der Waals surface area contributed by atoms with E-state index in [4.69, 9.17) is 5.73 Å². The van der Waals surface area contributed by atoms with E-state index in [1.807, 2.05) is 6.07 Å². The molecule has 1 heterocycles. The monoisotopic (exact) mass is 258 g/mol. The van der Waals surface area contributed by atoms with Crippen LogP contribution >= 0.6 is 0 Å². The molecule has 0 bridgehead atoms. The molecule has 0 saturated carbocycles. The van der Waals surface area contributed by atoms with Crippen LogP contribution in [0.4, 0.5) is 17.1 Å². The quantitative estimate of drug-likeness (QED) is 0.649. The van der Waals surface area contributed by atoms with Gasteiger partial charge in [-0.3, -0.25) is 15.1 Å². The van der Waals surface area contributed by atoms with Gasteiger partial charge >= 0.3 is 0 Å². The van der Waals surface area contributed by atoms with Crippen LogP contribution in [0.5, 0.6) is 0 Å². The SMILES string of the molecule is Cc1c(CNc2ccncc2N)cccc1[N+](=O)[O-]. The molecule has 0 aliphatic rings. The van der Waals surface area contributed by atoms with Crippen LogP contribution in [0.3, 0.4) is 0 Å². The maximum Gasteiger partial charge on any atom is 0.272 e. The Morgan fingerprint density at radius 1 is 1.42 bits per heavy atom. The third-order valence-corrected chi connectivity index (χ3v) is 2.94. The summed E-state index contributed by atoms with van der Waals surface area (Å²) in [5, 5.41) is 14.0. The van der Waals surface area contributed by atoms with E-state index in [-0.39, 0.29) is 10.6 Å². The molecule has 6 heteroatoms. The summed E-state index contributed by atoms with van der Waals surface area (Å²) in [4.78, 5) is 14.4. The van der Waals surface area contributed by atoms with Crippen molar-refractivity contribution >= 4 is 17.1 Å². The largest absolute Gasteiger partial charge is 0.396 e. The fraction of sp³-hybridized carbons (Fsp3) is 0.154. The highest BCUT2D eigenvalue weighted by Gasteiger charge is 2.12. The van der Waals surface area contributed by atoms with Crippen LogP contribution in [0.25, 0.3) is 0 Å². The predicted molar refractivity (Wildman–Crippen MR) is 73.8 cm³/mol. The Kier molecular flexibility index (Phi) is 3.61. The van der Waals surface area contributed by atoms with Crippen molar-refractivity contribution in [2.45, 2.75) is 13.5 Å². The van der Waals surface area contributed by atoms with Crippen LogP contribution in [0.1, 0.15) is 11.1 Å². The summed E-state index contributed by atoms with van der Waals surface area (Å²) in [5.74, 6) is 0. The number of hydrogen-bond donors (Lipinski definition) is 2. The fourth-order valence-electron chi connectivity index (χ4n) is 1.82. The second-order valence-electron chi connectivity index (χ2n) is 4.13. The van der Waals surface area contributed by atoms with Gasteiger partial charge in [-0.05, 0) is 18.6 Å². The summed E-state index contributed by atoms with van der Waals surface area (Å²) in [7, 11) is 0. The molecule has 98 valence electrons. The van der Waals surface area contributed by atoms with Gasteiger partial charge in [-0.25, -0.2) is 0 Å². The molecule has 0 atom stereocenters. The first-order valence-electron chi connectivity index (χ1n) is 5.76. The normalized spacial score (nSPS) is 10.2. The molecule has 3 N–H and O–H groups in total. The Bertz CT molecular complexity index is 613. The van der Waals surface area contributed by atoms with Gasteiger partial charge in [0.1, 0.15) is 0 Å². The number of pyridine rings is 1. The first kappa shape index (κ1) is 12.8. The van der Waals surface area contributed by atoms with Gasteiger partial charge in [0.25, 0.3) is 5.69 Å². The Morgan fingerprint density at radius 3 is 2.89 bits per heavy atom. The van der Waals surface area contributed by atoms with E-state index in [0.717, 1.165) is 11.3 Å². The zero-order chi connectivity index (χ0) is 13.8. The average molecular weight is 258 g/mol. The van der Waals surface area contributed by atoms with E-state index < -0.39 is 0 Å². The molecule has 0 aliphatic heterocycles. The summed E-state index contributed by atoms with van der Waals surface area (Å²) in [6.45, 7) is 2.22. The number of nitro groups is 1. The molecule has 1 aromatic heterocycles. The zero-order valence-corrected chi connectivity index (χ0v) is 10.5. The number of rotatable bonds is 4. The van der Waals surface area contributed by atoms with Crippen LogP contribution in [0.15, 0.2) is 36.7 Å². The van der Waals surface area contributed by atoms with Crippen LogP contribution in [0.2, 0.25) is 0 Å². The first-order chi connectivity index (χ1) is 9.09. The molecular formula is C13H14N4O2. The van der Waals surface area contributed by atoms with E-state index in [1.54, 1.807) is 31.5 Å². The van der Waals surface area contributed by atoms with Gasteiger partial charge in [0.2, 0.25) is 0 Å². The van der Waals surface area contributed by atoms with Gasteiger partial charge in [-0.2, -0.15) is 0 Å². The van der Waals surface area contributed by atoms with E-state index in [0.29, 0.717) is 17.8 Å². The van der Waals surface area contributed by atoms with Gasteiger partial charge < -0.3 is 11.1 Å². The Labute approximate surface area is 110 Å². The lowest BCUT2D eigenvalue weighted by Crippen LogP contribution is -2.05. The molecule has 19 heavy (non-hydrogen) atoms. The summed E-state index contributed by atoms with van der Waals surface area (Å²) in [6, 6.07) is 6.80. The van der Waals surface area contributed by atoms with Crippen molar-refractivity contribution in [1.29, 1.82) is 0 Å². The van der Waals surface area contributed by atoms with Crippen molar-refractivity contribution < 1.29 is 4.92 Å². The molecule has 0 unspecified atom stereocenters. The number of anilines is 2. The number of nitrogen functional groups attached to an aromatic ring is 1. The van der Waals surface area contributed by atoms with E-state index in [2.05, 4.69) is 10.3 Å². The van der Waals surface area contributed by atoms with Crippen molar-refractivity contribution in [2.24, 2.45) is 0 Å². The zero-order valence-electron chi connectivity index (χ0n) is 10.5. The van der Waals surface area contributed by atoms with Crippen molar-refractivity contribution in [3.05, 3.63) is 57.9 Å². The highest BCUT2D eigenvalue weighted by Crippen LogP contribution is 2.23. The van der Waals surface area contributed by atoms with Crippen molar-refractivity contribution in [1.82, 2.24) is 4.98 Å². The molecule has 0 amide bonds. The lowest BCUT2D eigenvalue weighted by molar-refractivity contribution is -0.385. The minimum absolute atomic E-state index is 0.127. The minimum Gasteiger partial charge on any atom is -0.396 e. The van der Waals surface area contributed by atoms with Gasteiger partial charge in [0.05, 0.1) is 22.5 Å². The molecule has 1 aromatic carbocycles. The molecule has 0 radical (unpaired) electrons. The van der Waals surface area contributed by atoms with E-state index >= 15 is 0 Å². The van der Waals surface area contributed by atoms with Crippen molar-refractivity contribution in [3.63, 3.8) is 0 Å². The second kappa shape index (κ2) is 5.34. The topological polar surface area (TPSA) is 94.1 Å². The van der Waals surface area contributed by atoms with Gasteiger partial charge in [-0.15, -0.1) is 0 Å². The summed E-state index contributed by atoms with van der Waals surface area (Å²) in [5.41, 5.74) is 8.73. The first-order valence-corrected chi connectivity index (χ1v) is 5.76. The third kappa shape index (κ3) is 2.79. The molecule has 0 fully saturated rings. The fourth-order valence-corrected chi connectivity index (χ4v) is 1.82. The van der Waals surface area contributed by atoms with Crippen molar-refractivity contribution in [3.8, 4) is 0 Å². The van der Waals surface area contributed by atoms with Gasteiger partial charge in [0, 0.05) is 24.4 Å². The lowest BCUT2D eigenvalue weighted by Gasteiger charge is -2.10. The molecule has 0 spiro atoms. The molecule has 2 aromatic rings. The number of nitrogens with one attached hydrogen (secondary N) is 1. The van der Waals surface area contributed by atoms with Crippen molar-refractivity contribution in [2.75, 3.05) is 11.1 Å². The number of benzene rings is 1. The lowest BCUT2D eigenvalue weighted by atomic mass is 10.1. The minimum atomic E-state index is -0.375. The maximum absolute atomic E-state index is 10.9. The molecule has 0 saturated heterocycles. The number of hydrogen-bond acceptors (Lipinski definition) is 5. The summed E-state index contributed by atoms with van der Waals surface area (Å²) in [6.07, 6.45) is 3.20. The Hall–Kier alpha value is -2.63. The van der Waals surface area contributed by atoms with E-state index in [9.17, 15) is 10.1 Å². The number of nitrogens with zero attached hydrogens (tertiary/aromatic N) is 2. The summed E-state index contributed by atoms with van der Waals surface area (Å²) >= 11 is 0. The summed E-state index contributed by atoms with van der Waals surface area (Å²) < 4.78 is 0. The second-order valence-corrected chi connectivity index (χ2v) is 4.13. The Balaban J connectivity index is 2.19. The number of aromatic nitrogens is 1. The smallest absolute Gasteiger partial charge is 0.272 e. The van der Waals surface area contributed by atoms with Gasteiger partial charge in [-0.1, -0.05) is 12.1 Å². The number of nitro benzene ring substituents is 1. The Morgan fingerprint density at radius 2 is 2.21 bits per heavy atom. The van der Waals surface area contributed by atoms with Crippen LogP contribution < -0.4 is 11.1 Å². The van der Waals surface area contributed by atoms with Crippen LogP contribution in [0, 0.1) is 17.0 Å². The maximum atomic E-state index is 10.9. The van der Waals surface area contributed by atoms with Gasteiger partial charge in [0.15, 0.2) is 0 Å².